The Kier molecular flexibility index (Phi) is 7.21. The highest BCUT2D eigenvalue weighted by Gasteiger charge is 2.54. The zero-order chi connectivity index (χ0) is 27.2. The summed E-state index contributed by atoms with van der Waals surface area (Å²) in [5.41, 5.74) is 4.57. The van der Waals surface area contributed by atoms with Crippen LogP contribution in [-0.4, -0.2) is 37.7 Å². The van der Waals surface area contributed by atoms with Crippen LogP contribution < -0.4 is 5.32 Å². The monoisotopic (exact) mass is 565 g/mol. The van der Waals surface area contributed by atoms with Crippen LogP contribution in [0, 0.1) is 23.7 Å². The lowest BCUT2D eigenvalue weighted by molar-refractivity contribution is 0.271. The Morgan fingerprint density at radius 1 is 1.08 bits per heavy atom. The first-order valence-electron chi connectivity index (χ1n) is 12.6. The van der Waals surface area contributed by atoms with E-state index in [4.69, 9.17) is 37.6 Å². The van der Waals surface area contributed by atoms with E-state index >= 15 is 0 Å². The first-order valence-corrected chi connectivity index (χ1v) is 14.5. The topological polar surface area (TPSA) is 91.0 Å². The fourth-order valence-corrected chi connectivity index (χ4v) is 6.75. The van der Waals surface area contributed by atoms with Crippen molar-refractivity contribution in [2.24, 2.45) is 9.81 Å². The number of nitriles is 1. The average Bonchev–Trinajstić information content (AvgIpc) is 3.13. The van der Waals surface area contributed by atoms with Gasteiger partial charge in [0.1, 0.15) is 22.9 Å². The van der Waals surface area contributed by atoms with Gasteiger partial charge in [-0.3, -0.25) is 0 Å². The third-order valence-electron chi connectivity index (χ3n) is 7.44. The summed E-state index contributed by atoms with van der Waals surface area (Å²) in [5, 5.41) is 14.4. The number of nitrogens with zero attached hydrogens (tertiary/aromatic N) is 4. The number of fused-ring (bicyclic) bond motifs is 1. The summed E-state index contributed by atoms with van der Waals surface area (Å²) in [5.74, 6) is 0.341. The maximum atomic E-state index is 13.3. The molecule has 5 rings (SSSR count). The number of halogens is 2. The van der Waals surface area contributed by atoms with E-state index in [-0.39, 0.29) is 11.6 Å². The average molecular weight is 567 g/mol. The molecule has 1 aliphatic carbocycles. The first kappa shape index (κ1) is 27.0. The molecule has 9 heteroatoms. The van der Waals surface area contributed by atoms with Gasteiger partial charge in [0.25, 0.3) is 0 Å². The Morgan fingerprint density at radius 3 is 2.45 bits per heavy atom. The molecule has 2 atom stereocenters. The van der Waals surface area contributed by atoms with E-state index in [2.05, 4.69) is 23.5 Å². The minimum Gasteiger partial charge on any atom is -0.317 e. The second kappa shape index (κ2) is 10.2. The van der Waals surface area contributed by atoms with E-state index < -0.39 is 21.1 Å². The Morgan fingerprint density at radius 2 is 1.76 bits per heavy atom. The van der Waals surface area contributed by atoms with Gasteiger partial charge in [0.05, 0.1) is 32.1 Å². The van der Waals surface area contributed by atoms with Gasteiger partial charge >= 0.3 is 0 Å². The molecular formula is C29H29Cl2N5OS. The highest BCUT2D eigenvalue weighted by molar-refractivity contribution is 7.85. The molecule has 2 unspecified atom stereocenters. The minimum atomic E-state index is -1.43. The second-order valence-electron chi connectivity index (χ2n) is 10.8. The standard InChI is InChI=1S/C29H29Cl2N5OS/c1-17-23(20-10-7-11-21(30)25(20)31)22(16-32)35-27(34-17)24-18-8-5-6-9-19(18)26(36-38(37)28(2,3)4)29(24)12-14-33-15-13-29/h5-11,24,33H,12-15H2,1-4H3. The lowest BCUT2D eigenvalue weighted by atomic mass is 9.68. The van der Waals surface area contributed by atoms with Crippen LogP contribution in [0.4, 0.5) is 0 Å². The lowest BCUT2D eigenvalue weighted by Crippen LogP contribution is -2.44. The van der Waals surface area contributed by atoms with Crippen LogP contribution in [0.2, 0.25) is 10.0 Å². The molecule has 6 nitrogen and oxygen atoms in total. The molecule has 0 bridgehead atoms. The van der Waals surface area contributed by atoms with Crippen molar-refractivity contribution in [1.29, 1.82) is 5.26 Å². The van der Waals surface area contributed by atoms with Crippen LogP contribution >= 0.6 is 23.2 Å². The predicted molar refractivity (Wildman–Crippen MR) is 154 cm³/mol. The number of benzene rings is 2. The summed E-state index contributed by atoms with van der Waals surface area (Å²) in [6.07, 6.45) is 1.58. The van der Waals surface area contributed by atoms with Gasteiger partial charge in [-0.05, 0) is 65.3 Å². The Bertz CT molecular complexity index is 1520. The molecule has 2 heterocycles. The van der Waals surface area contributed by atoms with Gasteiger partial charge in [-0.1, -0.05) is 59.6 Å². The van der Waals surface area contributed by atoms with Crippen LogP contribution in [-0.2, 0) is 11.0 Å². The Hall–Kier alpha value is -2.63. The summed E-state index contributed by atoms with van der Waals surface area (Å²) < 4.78 is 17.7. The molecule has 196 valence electrons. The lowest BCUT2D eigenvalue weighted by Gasteiger charge is -2.39. The van der Waals surface area contributed by atoms with Gasteiger partial charge in [0, 0.05) is 22.1 Å². The summed E-state index contributed by atoms with van der Waals surface area (Å²) in [6.45, 7) is 9.28. The molecule has 1 N–H and O–H groups in total. The molecule has 1 aromatic heterocycles. The van der Waals surface area contributed by atoms with Crippen molar-refractivity contribution in [3.8, 4) is 17.2 Å². The molecule has 0 amide bonds. The molecule has 1 aliphatic heterocycles. The number of hydrogen-bond donors (Lipinski definition) is 1. The van der Waals surface area contributed by atoms with E-state index in [1.165, 1.54) is 0 Å². The van der Waals surface area contributed by atoms with Crippen LogP contribution in [0.5, 0.6) is 0 Å². The minimum absolute atomic E-state index is 0.230. The molecule has 0 radical (unpaired) electrons. The fraction of sp³-hybridized carbons (Fsp3) is 0.379. The van der Waals surface area contributed by atoms with Crippen LogP contribution in [0.25, 0.3) is 11.1 Å². The second-order valence-corrected chi connectivity index (χ2v) is 13.5. The molecule has 38 heavy (non-hydrogen) atoms. The Balaban J connectivity index is 1.75. The molecule has 0 saturated carbocycles. The number of aromatic nitrogens is 2. The van der Waals surface area contributed by atoms with E-state index in [0.29, 0.717) is 32.7 Å². The molecule has 3 aromatic rings. The molecule has 2 aromatic carbocycles. The van der Waals surface area contributed by atoms with Gasteiger partial charge < -0.3 is 5.32 Å². The molecule has 1 saturated heterocycles. The van der Waals surface area contributed by atoms with E-state index in [1.807, 2.05) is 45.9 Å². The van der Waals surface area contributed by atoms with Gasteiger partial charge in [0.15, 0.2) is 5.69 Å². The van der Waals surface area contributed by atoms with E-state index in [0.717, 1.165) is 42.8 Å². The largest absolute Gasteiger partial charge is 0.317 e. The van der Waals surface area contributed by atoms with Crippen LogP contribution in [0.3, 0.4) is 0 Å². The summed E-state index contributed by atoms with van der Waals surface area (Å²) >= 11 is 12.8. The number of piperidine rings is 1. The smallest absolute Gasteiger partial charge is 0.152 e. The molecular weight excluding hydrogens is 537 g/mol. The van der Waals surface area contributed by atoms with Gasteiger partial charge in [-0.15, -0.1) is 0 Å². The highest BCUT2D eigenvalue weighted by atomic mass is 35.5. The normalized spacial score (nSPS) is 20.3. The predicted octanol–water partition coefficient (Wildman–Crippen LogP) is 6.40. The molecule has 1 spiro atoms. The van der Waals surface area contributed by atoms with Crippen molar-refractivity contribution in [2.75, 3.05) is 13.1 Å². The highest BCUT2D eigenvalue weighted by Crippen LogP contribution is 2.55. The Labute approximate surface area is 236 Å². The third kappa shape index (κ3) is 4.48. The number of aryl methyl sites for hydroxylation is 1. The summed E-state index contributed by atoms with van der Waals surface area (Å²) in [4.78, 5) is 9.87. The van der Waals surface area contributed by atoms with Crippen LogP contribution in [0.15, 0.2) is 46.9 Å². The van der Waals surface area contributed by atoms with Crippen molar-refractivity contribution in [3.63, 3.8) is 0 Å². The summed E-state index contributed by atoms with van der Waals surface area (Å²) in [7, 11) is -1.43. The fourth-order valence-electron chi connectivity index (χ4n) is 5.64. The molecule has 2 aliphatic rings. The summed E-state index contributed by atoms with van der Waals surface area (Å²) in [6, 6.07) is 15.7. The maximum absolute atomic E-state index is 13.3. The zero-order valence-electron chi connectivity index (χ0n) is 21.8. The third-order valence-corrected chi connectivity index (χ3v) is 9.65. The number of nitrogens with one attached hydrogen (secondary N) is 1. The van der Waals surface area contributed by atoms with Crippen molar-refractivity contribution in [3.05, 3.63) is 80.8 Å². The zero-order valence-corrected chi connectivity index (χ0v) is 24.1. The van der Waals surface area contributed by atoms with Crippen molar-refractivity contribution in [1.82, 2.24) is 15.3 Å². The number of rotatable bonds is 3. The quantitative estimate of drug-likeness (QED) is 0.396. The number of hydrogen-bond acceptors (Lipinski definition) is 5. The van der Waals surface area contributed by atoms with E-state index in [9.17, 15) is 9.47 Å². The first-order chi connectivity index (χ1) is 18.1. The van der Waals surface area contributed by atoms with Crippen molar-refractivity contribution in [2.45, 2.75) is 51.2 Å². The van der Waals surface area contributed by atoms with Crippen molar-refractivity contribution >= 4 is 39.9 Å². The van der Waals surface area contributed by atoms with Crippen molar-refractivity contribution < 1.29 is 4.21 Å². The SMILES string of the molecule is Cc1nc(C2c3ccccc3C(=NS(=O)C(C)(C)C)C23CCNCC3)nc(C#N)c1-c1cccc(Cl)c1Cl. The van der Waals surface area contributed by atoms with E-state index in [1.54, 1.807) is 12.1 Å². The molecule has 1 fully saturated rings. The van der Waals surface area contributed by atoms with Crippen LogP contribution in [0.1, 0.15) is 67.9 Å². The van der Waals surface area contributed by atoms with Gasteiger partial charge in [-0.2, -0.15) is 9.66 Å². The van der Waals surface area contributed by atoms with Gasteiger partial charge in [0.2, 0.25) is 0 Å². The van der Waals surface area contributed by atoms with Gasteiger partial charge in [-0.25, -0.2) is 14.2 Å². The maximum Gasteiger partial charge on any atom is 0.152 e.